The molecule has 2 aromatic heterocycles. The highest BCUT2D eigenvalue weighted by molar-refractivity contribution is 5.90. The van der Waals surface area contributed by atoms with Gasteiger partial charge < -0.3 is 5.32 Å². The van der Waals surface area contributed by atoms with Gasteiger partial charge in [0.05, 0.1) is 5.52 Å². The summed E-state index contributed by atoms with van der Waals surface area (Å²) in [5, 5.41) is 4.53. The first kappa shape index (κ1) is 17.2. The number of benzene rings is 2. The van der Waals surface area contributed by atoms with Crippen LogP contribution in [0.3, 0.4) is 0 Å². The minimum absolute atomic E-state index is 0.737. The molecule has 0 fully saturated rings. The SMILES string of the molecule is Cc1cnc(CCNc2nc(-c3ccccc3)nc3ccccc23)c(C)c1. The number of anilines is 1. The molecule has 4 aromatic rings. The summed E-state index contributed by atoms with van der Waals surface area (Å²) in [4.78, 5) is 14.1. The van der Waals surface area contributed by atoms with Gasteiger partial charge in [0, 0.05) is 35.8 Å². The third-order valence-electron chi connectivity index (χ3n) is 4.61. The van der Waals surface area contributed by atoms with Crippen LogP contribution in [0, 0.1) is 13.8 Å². The second kappa shape index (κ2) is 7.54. The molecular weight excluding hydrogens is 332 g/mol. The zero-order valence-corrected chi connectivity index (χ0v) is 15.6. The standard InChI is InChI=1S/C23H22N4/c1-16-14-17(2)20(25-15-16)12-13-24-23-19-10-6-7-11-21(19)26-22(27-23)18-8-4-3-5-9-18/h3-11,14-15H,12-13H2,1-2H3,(H,24,26,27). The van der Waals surface area contributed by atoms with E-state index in [0.29, 0.717) is 0 Å². The molecule has 4 nitrogen and oxygen atoms in total. The number of fused-ring (bicyclic) bond motifs is 1. The molecule has 0 radical (unpaired) electrons. The van der Waals surface area contributed by atoms with E-state index in [0.717, 1.165) is 46.8 Å². The number of rotatable bonds is 5. The molecule has 0 aliphatic heterocycles. The number of para-hydroxylation sites is 1. The Kier molecular flexibility index (Phi) is 4.79. The van der Waals surface area contributed by atoms with Crippen LogP contribution in [-0.4, -0.2) is 21.5 Å². The molecule has 2 aromatic carbocycles. The van der Waals surface area contributed by atoms with Crippen LogP contribution in [0.5, 0.6) is 0 Å². The van der Waals surface area contributed by atoms with E-state index >= 15 is 0 Å². The van der Waals surface area contributed by atoms with E-state index in [1.165, 1.54) is 11.1 Å². The van der Waals surface area contributed by atoms with Crippen molar-refractivity contribution in [2.75, 3.05) is 11.9 Å². The zero-order chi connectivity index (χ0) is 18.6. The maximum Gasteiger partial charge on any atom is 0.162 e. The first-order valence-electron chi connectivity index (χ1n) is 9.19. The minimum atomic E-state index is 0.737. The molecule has 0 saturated heterocycles. The van der Waals surface area contributed by atoms with E-state index in [2.05, 4.69) is 36.3 Å². The maximum absolute atomic E-state index is 4.80. The number of nitrogens with one attached hydrogen (secondary N) is 1. The van der Waals surface area contributed by atoms with Gasteiger partial charge >= 0.3 is 0 Å². The fraction of sp³-hybridized carbons (Fsp3) is 0.174. The van der Waals surface area contributed by atoms with Gasteiger partial charge in [-0.15, -0.1) is 0 Å². The van der Waals surface area contributed by atoms with E-state index < -0.39 is 0 Å². The molecule has 4 heteroatoms. The number of pyridine rings is 1. The second-order valence-electron chi connectivity index (χ2n) is 6.73. The van der Waals surface area contributed by atoms with Crippen LogP contribution in [0.2, 0.25) is 0 Å². The van der Waals surface area contributed by atoms with Crippen LogP contribution in [0.4, 0.5) is 5.82 Å². The van der Waals surface area contributed by atoms with Crippen LogP contribution in [0.15, 0.2) is 66.9 Å². The Morgan fingerprint density at radius 3 is 2.48 bits per heavy atom. The number of nitrogens with zero attached hydrogens (tertiary/aromatic N) is 3. The van der Waals surface area contributed by atoms with Gasteiger partial charge in [-0.1, -0.05) is 48.5 Å². The van der Waals surface area contributed by atoms with Gasteiger partial charge in [-0.25, -0.2) is 9.97 Å². The zero-order valence-electron chi connectivity index (χ0n) is 15.6. The third kappa shape index (κ3) is 3.80. The summed E-state index contributed by atoms with van der Waals surface area (Å²) in [6, 6.07) is 20.4. The van der Waals surface area contributed by atoms with Gasteiger partial charge in [0.1, 0.15) is 5.82 Å². The lowest BCUT2D eigenvalue weighted by molar-refractivity contribution is 0.934. The van der Waals surface area contributed by atoms with Crippen molar-refractivity contribution in [3.63, 3.8) is 0 Å². The lowest BCUT2D eigenvalue weighted by Gasteiger charge is -2.12. The summed E-state index contributed by atoms with van der Waals surface area (Å²) in [6.07, 6.45) is 2.78. The number of hydrogen-bond acceptors (Lipinski definition) is 4. The van der Waals surface area contributed by atoms with Crippen LogP contribution in [0.1, 0.15) is 16.8 Å². The fourth-order valence-electron chi connectivity index (χ4n) is 3.23. The van der Waals surface area contributed by atoms with E-state index in [-0.39, 0.29) is 0 Å². The smallest absolute Gasteiger partial charge is 0.162 e. The molecule has 2 heterocycles. The summed E-state index contributed by atoms with van der Waals surface area (Å²) in [6.45, 7) is 4.95. The summed E-state index contributed by atoms with van der Waals surface area (Å²) < 4.78 is 0. The van der Waals surface area contributed by atoms with E-state index in [4.69, 9.17) is 9.97 Å². The van der Waals surface area contributed by atoms with Crippen LogP contribution in [-0.2, 0) is 6.42 Å². The third-order valence-corrected chi connectivity index (χ3v) is 4.61. The van der Waals surface area contributed by atoms with Crippen LogP contribution >= 0.6 is 0 Å². The Hall–Kier alpha value is -3.27. The number of aromatic nitrogens is 3. The molecule has 0 atom stereocenters. The Morgan fingerprint density at radius 2 is 1.67 bits per heavy atom. The molecule has 0 bridgehead atoms. The van der Waals surface area contributed by atoms with E-state index in [1.54, 1.807) is 0 Å². The monoisotopic (exact) mass is 354 g/mol. The fourth-order valence-corrected chi connectivity index (χ4v) is 3.23. The van der Waals surface area contributed by atoms with Gasteiger partial charge in [0.25, 0.3) is 0 Å². The molecule has 27 heavy (non-hydrogen) atoms. The Morgan fingerprint density at radius 1 is 0.889 bits per heavy atom. The summed E-state index contributed by atoms with van der Waals surface area (Å²) >= 11 is 0. The lowest BCUT2D eigenvalue weighted by Crippen LogP contribution is -2.10. The van der Waals surface area contributed by atoms with Crippen molar-refractivity contribution in [1.29, 1.82) is 0 Å². The Labute approximate surface area is 159 Å². The van der Waals surface area contributed by atoms with Gasteiger partial charge in [-0.2, -0.15) is 0 Å². The predicted molar refractivity (Wildman–Crippen MR) is 111 cm³/mol. The highest BCUT2D eigenvalue weighted by atomic mass is 15.0. The Bertz CT molecular complexity index is 1070. The summed E-state index contributed by atoms with van der Waals surface area (Å²) in [5.74, 6) is 1.60. The molecular formula is C23H22N4. The molecule has 4 rings (SSSR count). The quantitative estimate of drug-likeness (QED) is 0.550. The normalized spacial score (nSPS) is 10.9. The highest BCUT2D eigenvalue weighted by Crippen LogP contribution is 2.24. The predicted octanol–water partition coefficient (Wildman–Crippen LogP) is 4.96. The average Bonchev–Trinajstić information content (AvgIpc) is 2.70. The molecule has 0 amide bonds. The molecule has 0 aliphatic rings. The molecule has 0 saturated carbocycles. The topological polar surface area (TPSA) is 50.7 Å². The maximum atomic E-state index is 4.80. The van der Waals surface area contributed by atoms with Crippen molar-refractivity contribution < 1.29 is 0 Å². The molecule has 0 unspecified atom stereocenters. The largest absolute Gasteiger partial charge is 0.369 e. The van der Waals surface area contributed by atoms with Gasteiger partial charge in [-0.3, -0.25) is 4.98 Å². The molecule has 0 spiro atoms. The molecule has 134 valence electrons. The number of hydrogen-bond donors (Lipinski definition) is 1. The van der Waals surface area contributed by atoms with Gasteiger partial charge in [0.2, 0.25) is 0 Å². The van der Waals surface area contributed by atoms with Crippen molar-refractivity contribution in [1.82, 2.24) is 15.0 Å². The minimum Gasteiger partial charge on any atom is -0.369 e. The van der Waals surface area contributed by atoms with Crippen LogP contribution in [0.25, 0.3) is 22.3 Å². The first-order valence-corrected chi connectivity index (χ1v) is 9.19. The average molecular weight is 354 g/mol. The highest BCUT2D eigenvalue weighted by Gasteiger charge is 2.09. The van der Waals surface area contributed by atoms with Gasteiger partial charge in [0.15, 0.2) is 5.82 Å². The molecule has 1 N–H and O–H groups in total. The molecule has 0 aliphatic carbocycles. The van der Waals surface area contributed by atoms with Crippen molar-refractivity contribution >= 4 is 16.7 Å². The van der Waals surface area contributed by atoms with Crippen molar-refractivity contribution in [3.8, 4) is 11.4 Å². The van der Waals surface area contributed by atoms with Gasteiger partial charge in [-0.05, 0) is 37.1 Å². The van der Waals surface area contributed by atoms with Crippen molar-refractivity contribution in [3.05, 3.63) is 83.7 Å². The first-order chi connectivity index (χ1) is 13.2. The van der Waals surface area contributed by atoms with Crippen molar-refractivity contribution in [2.24, 2.45) is 0 Å². The van der Waals surface area contributed by atoms with Crippen LogP contribution < -0.4 is 5.32 Å². The number of aryl methyl sites for hydroxylation is 2. The van der Waals surface area contributed by atoms with Crippen molar-refractivity contribution in [2.45, 2.75) is 20.3 Å². The van der Waals surface area contributed by atoms with E-state index in [9.17, 15) is 0 Å². The Balaban J connectivity index is 1.62. The summed E-state index contributed by atoms with van der Waals surface area (Å²) in [5.41, 5.74) is 5.50. The second-order valence-corrected chi connectivity index (χ2v) is 6.73. The lowest BCUT2D eigenvalue weighted by atomic mass is 10.1. The summed E-state index contributed by atoms with van der Waals surface area (Å²) in [7, 11) is 0. The van der Waals surface area contributed by atoms with E-state index in [1.807, 2.05) is 54.7 Å².